The van der Waals surface area contributed by atoms with E-state index in [1.54, 1.807) is 12.1 Å². The van der Waals surface area contributed by atoms with E-state index in [0.29, 0.717) is 30.0 Å². The van der Waals surface area contributed by atoms with Crippen LogP contribution in [0.25, 0.3) is 11.3 Å². The highest BCUT2D eigenvalue weighted by Crippen LogP contribution is 2.33. The lowest BCUT2D eigenvalue weighted by Crippen LogP contribution is -2.45. The van der Waals surface area contributed by atoms with Crippen molar-refractivity contribution in [1.29, 1.82) is 0 Å². The molecule has 1 aromatic heterocycles. The zero-order valence-corrected chi connectivity index (χ0v) is 15.0. The molecule has 1 aliphatic rings. The van der Waals surface area contributed by atoms with Gasteiger partial charge in [-0.15, -0.1) is 0 Å². The summed E-state index contributed by atoms with van der Waals surface area (Å²) in [4.78, 5) is 23.8. The standard InChI is InChI=1S/C18H19ClN2O5/c1-11-14(18(22)23)3-2-8-20(11)10-13-5-7-17(26-13)15-6-4-12(21(24)25)9-16(15)19/h4-7,9,11,14H,2-3,8,10H2,1H3,(H,22,23)/t11-,14-/m1/s1. The minimum atomic E-state index is -0.764. The zero-order valence-electron chi connectivity index (χ0n) is 14.2. The van der Waals surface area contributed by atoms with E-state index in [1.165, 1.54) is 12.1 Å². The molecule has 0 spiro atoms. The molecule has 0 unspecified atom stereocenters. The average molecular weight is 379 g/mol. The Bertz CT molecular complexity index is 835. The first-order chi connectivity index (χ1) is 12.4. The average Bonchev–Trinajstić information content (AvgIpc) is 3.04. The molecular weight excluding hydrogens is 360 g/mol. The van der Waals surface area contributed by atoms with Crippen molar-refractivity contribution < 1.29 is 19.2 Å². The number of carboxylic acids is 1. The Hall–Kier alpha value is -2.38. The second-order valence-corrected chi connectivity index (χ2v) is 6.89. The molecule has 1 saturated heterocycles. The minimum absolute atomic E-state index is 0.0715. The first-order valence-corrected chi connectivity index (χ1v) is 8.74. The van der Waals surface area contributed by atoms with Gasteiger partial charge in [0.15, 0.2) is 0 Å². The lowest BCUT2D eigenvalue weighted by molar-refractivity contribution is -0.384. The van der Waals surface area contributed by atoms with Crippen LogP contribution in [0.15, 0.2) is 34.7 Å². The number of carboxylic acid groups (broad SMARTS) is 1. The van der Waals surface area contributed by atoms with Gasteiger partial charge in [0.2, 0.25) is 0 Å². The summed E-state index contributed by atoms with van der Waals surface area (Å²) >= 11 is 6.15. The third-order valence-corrected chi connectivity index (χ3v) is 5.20. The fourth-order valence-electron chi connectivity index (χ4n) is 3.39. The summed E-state index contributed by atoms with van der Waals surface area (Å²) < 4.78 is 5.85. The van der Waals surface area contributed by atoms with Crippen LogP contribution in [0.2, 0.25) is 5.02 Å². The van der Waals surface area contributed by atoms with Crippen LogP contribution in [0.3, 0.4) is 0 Å². The largest absolute Gasteiger partial charge is 0.481 e. The van der Waals surface area contributed by atoms with Gasteiger partial charge in [0.1, 0.15) is 11.5 Å². The number of nitro groups is 1. The smallest absolute Gasteiger partial charge is 0.308 e. The predicted octanol–water partition coefficient (Wildman–Crippen LogP) is 4.19. The maximum atomic E-state index is 11.4. The van der Waals surface area contributed by atoms with Crippen LogP contribution in [-0.2, 0) is 11.3 Å². The Morgan fingerprint density at radius 1 is 1.42 bits per heavy atom. The number of hydrogen-bond donors (Lipinski definition) is 1. The zero-order chi connectivity index (χ0) is 18.8. The number of benzene rings is 1. The van der Waals surface area contributed by atoms with E-state index >= 15 is 0 Å². The van der Waals surface area contributed by atoms with Gasteiger partial charge >= 0.3 is 5.97 Å². The quantitative estimate of drug-likeness (QED) is 0.618. The number of hydrogen-bond acceptors (Lipinski definition) is 5. The van der Waals surface area contributed by atoms with Gasteiger partial charge in [0.05, 0.1) is 22.4 Å². The van der Waals surface area contributed by atoms with Crippen LogP contribution < -0.4 is 0 Å². The molecule has 0 saturated carbocycles. The highest BCUT2D eigenvalue weighted by Gasteiger charge is 2.33. The monoisotopic (exact) mass is 378 g/mol. The van der Waals surface area contributed by atoms with Crippen LogP contribution in [0.5, 0.6) is 0 Å². The molecule has 26 heavy (non-hydrogen) atoms. The molecule has 8 heteroatoms. The van der Waals surface area contributed by atoms with Gasteiger partial charge in [-0.1, -0.05) is 11.6 Å². The third kappa shape index (κ3) is 3.73. The molecule has 1 fully saturated rings. The number of nitro benzene ring substituents is 1. The molecule has 2 atom stereocenters. The van der Waals surface area contributed by atoms with E-state index in [2.05, 4.69) is 4.90 Å². The van der Waals surface area contributed by atoms with E-state index in [9.17, 15) is 20.0 Å². The maximum Gasteiger partial charge on any atom is 0.308 e. The second kappa shape index (κ2) is 7.47. The number of aliphatic carboxylic acids is 1. The first kappa shape index (κ1) is 18.4. The van der Waals surface area contributed by atoms with Crippen molar-refractivity contribution in [2.24, 2.45) is 5.92 Å². The Labute approximate surface area is 155 Å². The normalized spacial score (nSPS) is 20.8. The fraction of sp³-hybridized carbons (Fsp3) is 0.389. The number of rotatable bonds is 5. The fourth-order valence-corrected chi connectivity index (χ4v) is 3.66. The molecule has 1 N–H and O–H groups in total. The Morgan fingerprint density at radius 3 is 2.85 bits per heavy atom. The van der Waals surface area contributed by atoms with Crippen molar-refractivity contribution in [3.63, 3.8) is 0 Å². The maximum absolute atomic E-state index is 11.4. The van der Waals surface area contributed by atoms with Crippen molar-refractivity contribution in [3.8, 4) is 11.3 Å². The van der Waals surface area contributed by atoms with Crippen molar-refractivity contribution in [2.75, 3.05) is 6.54 Å². The topological polar surface area (TPSA) is 96.8 Å². The molecule has 0 aliphatic carbocycles. The van der Waals surface area contributed by atoms with E-state index < -0.39 is 10.9 Å². The number of non-ortho nitro benzene ring substituents is 1. The van der Waals surface area contributed by atoms with Crippen molar-refractivity contribution in [1.82, 2.24) is 4.90 Å². The molecule has 0 bridgehead atoms. The summed E-state index contributed by atoms with van der Waals surface area (Å²) in [6.45, 7) is 3.25. The number of halogens is 1. The summed E-state index contributed by atoms with van der Waals surface area (Å²) in [5.74, 6) is 0.0916. The van der Waals surface area contributed by atoms with Crippen molar-refractivity contribution >= 4 is 23.3 Å². The molecule has 7 nitrogen and oxygen atoms in total. The van der Waals surface area contributed by atoms with E-state index in [4.69, 9.17) is 16.0 Å². The van der Waals surface area contributed by atoms with Crippen LogP contribution in [0.4, 0.5) is 5.69 Å². The summed E-state index contributed by atoms with van der Waals surface area (Å²) in [5.41, 5.74) is 0.506. The lowest BCUT2D eigenvalue weighted by atomic mass is 9.90. The first-order valence-electron chi connectivity index (χ1n) is 8.36. The number of likely N-dealkylation sites (tertiary alicyclic amines) is 1. The van der Waals surface area contributed by atoms with Crippen LogP contribution in [0, 0.1) is 16.0 Å². The van der Waals surface area contributed by atoms with E-state index in [0.717, 1.165) is 13.0 Å². The molecule has 2 heterocycles. The molecule has 2 aromatic rings. The highest BCUT2D eigenvalue weighted by molar-refractivity contribution is 6.33. The van der Waals surface area contributed by atoms with E-state index in [-0.39, 0.29) is 22.7 Å². The van der Waals surface area contributed by atoms with Gasteiger partial charge in [-0.05, 0) is 44.5 Å². The molecular formula is C18H19ClN2O5. The Morgan fingerprint density at radius 2 is 2.19 bits per heavy atom. The molecule has 1 aliphatic heterocycles. The van der Waals surface area contributed by atoms with Gasteiger partial charge in [-0.2, -0.15) is 0 Å². The summed E-state index contributed by atoms with van der Waals surface area (Å²) in [6, 6.07) is 7.76. The molecule has 0 amide bonds. The van der Waals surface area contributed by atoms with Crippen LogP contribution in [-0.4, -0.2) is 33.5 Å². The number of nitrogens with zero attached hydrogens (tertiary/aromatic N) is 2. The lowest BCUT2D eigenvalue weighted by Gasteiger charge is -2.36. The molecule has 3 rings (SSSR count). The van der Waals surface area contributed by atoms with Gasteiger partial charge in [-0.25, -0.2) is 0 Å². The van der Waals surface area contributed by atoms with E-state index in [1.807, 2.05) is 13.0 Å². The molecule has 0 radical (unpaired) electrons. The Kier molecular flexibility index (Phi) is 5.29. The molecule has 138 valence electrons. The van der Waals surface area contributed by atoms with Crippen molar-refractivity contribution in [2.45, 2.75) is 32.4 Å². The van der Waals surface area contributed by atoms with Crippen LogP contribution in [0.1, 0.15) is 25.5 Å². The minimum Gasteiger partial charge on any atom is -0.481 e. The van der Waals surface area contributed by atoms with Crippen LogP contribution >= 0.6 is 11.6 Å². The van der Waals surface area contributed by atoms with Gasteiger partial charge < -0.3 is 9.52 Å². The van der Waals surface area contributed by atoms with Crippen molar-refractivity contribution in [3.05, 3.63) is 51.2 Å². The molecule has 1 aromatic carbocycles. The van der Waals surface area contributed by atoms with Gasteiger partial charge in [-0.3, -0.25) is 19.8 Å². The Balaban J connectivity index is 1.76. The van der Waals surface area contributed by atoms with Gasteiger partial charge in [0, 0.05) is 23.7 Å². The SMILES string of the molecule is C[C@@H]1[C@H](C(=O)O)CCCN1Cc1ccc(-c2ccc([N+](=O)[O-])cc2Cl)o1. The number of furan rings is 1. The summed E-state index contributed by atoms with van der Waals surface area (Å²) in [7, 11) is 0. The summed E-state index contributed by atoms with van der Waals surface area (Å²) in [6.07, 6.45) is 1.53. The number of carbonyl (C=O) groups is 1. The summed E-state index contributed by atoms with van der Waals surface area (Å²) in [5, 5.41) is 20.4. The third-order valence-electron chi connectivity index (χ3n) is 4.89. The number of piperidine rings is 1. The predicted molar refractivity (Wildman–Crippen MR) is 96.0 cm³/mol. The highest BCUT2D eigenvalue weighted by atomic mass is 35.5. The second-order valence-electron chi connectivity index (χ2n) is 6.49. The van der Waals surface area contributed by atoms with Gasteiger partial charge in [0.25, 0.3) is 5.69 Å².